The molecule has 0 saturated carbocycles. The molecular weight excluding hydrogens is 363 g/mol. The van der Waals surface area contributed by atoms with Crippen molar-refractivity contribution in [1.82, 2.24) is 9.55 Å². The lowest BCUT2D eigenvalue weighted by molar-refractivity contribution is 0.0900. The molecule has 7 heteroatoms. The summed E-state index contributed by atoms with van der Waals surface area (Å²) in [6.45, 7) is 1.89. The first-order chi connectivity index (χ1) is 13.5. The summed E-state index contributed by atoms with van der Waals surface area (Å²) in [6.07, 6.45) is 4.20. The Hall–Kier alpha value is -3.19. The molecule has 0 aliphatic rings. The minimum Gasteiger partial charge on any atom is -0.493 e. The van der Waals surface area contributed by atoms with Crippen LogP contribution in [0.25, 0.3) is 17.0 Å². The van der Waals surface area contributed by atoms with Gasteiger partial charge in [-0.2, -0.15) is 0 Å². The number of fused-ring (bicyclic) bond motifs is 1. The number of aromatic nitrogens is 2. The van der Waals surface area contributed by atoms with Gasteiger partial charge in [0.25, 0.3) is 5.56 Å². The number of rotatable bonds is 7. The van der Waals surface area contributed by atoms with Crippen LogP contribution in [-0.4, -0.2) is 34.5 Å². The zero-order valence-corrected chi connectivity index (χ0v) is 15.6. The van der Waals surface area contributed by atoms with Crippen molar-refractivity contribution in [3.05, 3.63) is 70.5 Å². The Morgan fingerprint density at radius 1 is 1.25 bits per heavy atom. The van der Waals surface area contributed by atoms with Gasteiger partial charge in [-0.15, -0.1) is 0 Å². The number of aliphatic hydroxyl groups is 1. The van der Waals surface area contributed by atoms with E-state index >= 15 is 0 Å². The Morgan fingerprint density at radius 3 is 2.82 bits per heavy atom. The molecule has 0 bridgehead atoms. The number of halogens is 1. The first-order valence-corrected chi connectivity index (χ1v) is 8.78. The summed E-state index contributed by atoms with van der Waals surface area (Å²) in [6, 6.07) is 9.26. The molecule has 0 aliphatic carbocycles. The summed E-state index contributed by atoms with van der Waals surface area (Å²) < 4.78 is 25.5. The van der Waals surface area contributed by atoms with Gasteiger partial charge in [-0.25, -0.2) is 9.37 Å². The molecule has 3 rings (SSSR count). The molecule has 146 valence electrons. The van der Waals surface area contributed by atoms with Crippen molar-refractivity contribution in [2.75, 3.05) is 13.7 Å². The minimum atomic E-state index is -0.947. The van der Waals surface area contributed by atoms with Gasteiger partial charge in [0, 0.05) is 6.07 Å². The summed E-state index contributed by atoms with van der Waals surface area (Å²) in [5.41, 5.74) is 0.896. The van der Waals surface area contributed by atoms with Crippen LogP contribution in [0.2, 0.25) is 0 Å². The third-order valence-corrected chi connectivity index (χ3v) is 4.17. The molecular formula is C21H21FN2O4. The van der Waals surface area contributed by atoms with E-state index in [0.717, 1.165) is 5.56 Å². The second-order valence-corrected chi connectivity index (χ2v) is 6.24. The Kier molecular flexibility index (Phi) is 6.06. The molecule has 1 heterocycles. The van der Waals surface area contributed by atoms with Crippen LogP contribution in [-0.2, 0) is 6.54 Å². The Bertz CT molecular complexity index is 1060. The highest BCUT2D eigenvalue weighted by molar-refractivity contribution is 5.77. The van der Waals surface area contributed by atoms with Crippen LogP contribution >= 0.6 is 0 Å². The molecule has 2 aromatic carbocycles. The monoisotopic (exact) mass is 384 g/mol. The summed E-state index contributed by atoms with van der Waals surface area (Å²) in [5, 5.41) is 10.6. The van der Waals surface area contributed by atoms with E-state index < -0.39 is 11.9 Å². The number of aliphatic hydroxyl groups excluding tert-OH is 1. The van der Waals surface area contributed by atoms with E-state index in [1.165, 1.54) is 29.1 Å². The molecule has 0 radical (unpaired) electrons. The van der Waals surface area contributed by atoms with E-state index in [1.807, 2.05) is 31.2 Å². The summed E-state index contributed by atoms with van der Waals surface area (Å²) >= 11 is 0. The maximum absolute atomic E-state index is 13.3. The number of ether oxygens (including phenoxy) is 2. The fourth-order valence-corrected chi connectivity index (χ4v) is 2.83. The lowest BCUT2D eigenvalue weighted by atomic mass is 10.2. The number of hydrogen-bond acceptors (Lipinski definition) is 5. The van der Waals surface area contributed by atoms with Crippen LogP contribution in [0.15, 0.2) is 53.6 Å². The van der Waals surface area contributed by atoms with Gasteiger partial charge in [0.2, 0.25) is 0 Å². The van der Waals surface area contributed by atoms with Gasteiger partial charge in [0.15, 0.2) is 11.5 Å². The summed E-state index contributed by atoms with van der Waals surface area (Å²) in [5.74, 6) is 0.587. The second-order valence-electron chi connectivity index (χ2n) is 6.24. The molecule has 6 nitrogen and oxygen atoms in total. The predicted octanol–water partition coefficient (Wildman–Crippen LogP) is 3.02. The van der Waals surface area contributed by atoms with E-state index in [4.69, 9.17) is 9.47 Å². The first-order valence-electron chi connectivity index (χ1n) is 8.78. The average Bonchev–Trinajstić information content (AvgIpc) is 2.69. The zero-order valence-electron chi connectivity index (χ0n) is 15.6. The van der Waals surface area contributed by atoms with Crippen molar-refractivity contribution < 1.29 is 19.0 Å². The lowest BCUT2D eigenvalue weighted by Gasteiger charge is -2.16. The highest BCUT2D eigenvalue weighted by atomic mass is 19.1. The maximum atomic E-state index is 13.3. The minimum absolute atomic E-state index is 0.00186. The van der Waals surface area contributed by atoms with Crippen molar-refractivity contribution >= 4 is 17.0 Å². The van der Waals surface area contributed by atoms with Crippen LogP contribution in [0.4, 0.5) is 4.39 Å². The summed E-state index contributed by atoms with van der Waals surface area (Å²) in [7, 11) is 1.54. The van der Waals surface area contributed by atoms with Gasteiger partial charge in [0.1, 0.15) is 18.5 Å². The maximum Gasteiger partial charge on any atom is 0.261 e. The molecule has 1 N–H and O–H groups in total. The molecule has 3 aromatic rings. The van der Waals surface area contributed by atoms with Gasteiger partial charge >= 0.3 is 0 Å². The molecule has 0 amide bonds. The average molecular weight is 384 g/mol. The SMILES string of the molecule is C/C=C/c1ccc(OCC(O)Cn2cnc3cc(F)ccc3c2=O)c(OC)c1. The first kappa shape index (κ1) is 19.6. The van der Waals surface area contributed by atoms with E-state index in [2.05, 4.69) is 4.98 Å². The molecule has 0 aliphatic heterocycles. The number of allylic oxidation sites excluding steroid dienone is 1. The predicted molar refractivity (Wildman–Crippen MR) is 105 cm³/mol. The van der Waals surface area contributed by atoms with E-state index in [-0.39, 0.29) is 24.2 Å². The van der Waals surface area contributed by atoms with Gasteiger partial charge in [-0.1, -0.05) is 18.2 Å². The van der Waals surface area contributed by atoms with Gasteiger partial charge in [-0.05, 0) is 36.8 Å². The smallest absolute Gasteiger partial charge is 0.261 e. The van der Waals surface area contributed by atoms with Gasteiger partial charge < -0.3 is 14.6 Å². The van der Waals surface area contributed by atoms with Crippen molar-refractivity contribution in [2.45, 2.75) is 19.6 Å². The number of nitrogens with zero attached hydrogens (tertiary/aromatic N) is 2. The van der Waals surface area contributed by atoms with E-state index in [9.17, 15) is 14.3 Å². The fraction of sp³-hybridized carbons (Fsp3) is 0.238. The Labute approximate surface area is 161 Å². The topological polar surface area (TPSA) is 73.6 Å². The standard InChI is InChI=1S/C21H21FN2O4/c1-3-4-14-5-8-19(20(9-14)27-2)28-12-16(25)11-24-13-23-18-10-15(22)6-7-17(18)21(24)26/h3-10,13,16,25H,11-12H2,1-2H3/b4-3+. The van der Waals surface area contributed by atoms with Crippen LogP contribution in [0.5, 0.6) is 11.5 Å². The van der Waals surface area contributed by atoms with Crippen molar-refractivity contribution in [3.8, 4) is 11.5 Å². The molecule has 1 unspecified atom stereocenters. The number of hydrogen-bond donors (Lipinski definition) is 1. The highest BCUT2D eigenvalue weighted by Gasteiger charge is 2.12. The Morgan fingerprint density at radius 2 is 2.07 bits per heavy atom. The fourth-order valence-electron chi connectivity index (χ4n) is 2.83. The highest BCUT2D eigenvalue weighted by Crippen LogP contribution is 2.28. The molecule has 1 atom stereocenters. The van der Waals surface area contributed by atoms with Crippen LogP contribution < -0.4 is 15.0 Å². The van der Waals surface area contributed by atoms with Crippen LogP contribution in [0.1, 0.15) is 12.5 Å². The van der Waals surface area contributed by atoms with E-state index in [1.54, 1.807) is 13.2 Å². The third-order valence-electron chi connectivity index (χ3n) is 4.17. The van der Waals surface area contributed by atoms with E-state index in [0.29, 0.717) is 16.9 Å². The number of methoxy groups -OCH3 is 1. The lowest BCUT2D eigenvalue weighted by Crippen LogP contribution is -2.30. The largest absolute Gasteiger partial charge is 0.493 e. The quantitative estimate of drug-likeness (QED) is 0.678. The molecule has 0 saturated heterocycles. The van der Waals surface area contributed by atoms with Crippen molar-refractivity contribution in [3.63, 3.8) is 0 Å². The molecule has 1 aromatic heterocycles. The van der Waals surface area contributed by atoms with Crippen LogP contribution in [0, 0.1) is 5.82 Å². The van der Waals surface area contributed by atoms with Gasteiger partial charge in [-0.3, -0.25) is 9.36 Å². The molecule has 0 spiro atoms. The second kappa shape index (κ2) is 8.67. The normalized spacial score (nSPS) is 12.4. The molecule has 0 fully saturated rings. The van der Waals surface area contributed by atoms with Crippen molar-refractivity contribution in [1.29, 1.82) is 0 Å². The molecule has 28 heavy (non-hydrogen) atoms. The number of benzene rings is 2. The Balaban J connectivity index is 1.70. The van der Waals surface area contributed by atoms with Gasteiger partial charge in [0.05, 0.1) is 30.9 Å². The third kappa shape index (κ3) is 4.37. The van der Waals surface area contributed by atoms with Crippen LogP contribution in [0.3, 0.4) is 0 Å². The summed E-state index contributed by atoms with van der Waals surface area (Å²) in [4.78, 5) is 16.5. The van der Waals surface area contributed by atoms with Crippen molar-refractivity contribution in [2.24, 2.45) is 0 Å². The zero-order chi connectivity index (χ0) is 20.1.